The third-order valence-corrected chi connectivity index (χ3v) is 4.69. The third kappa shape index (κ3) is 5.41. The predicted octanol–water partition coefficient (Wildman–Crippen LogP) is 2.77. The molecule has 0 aliphatic carbocycles. The number of rotatable bonds is 5. The minimum absolute atomic E-state index is 0.0371. The number of nitrogens with zero attached hydrogens (tertiary/aromatic N) is 1. The second-order valence-electron chi connectivity index (χ2n) is 5.86. The first-order chi connectivity index (χ1) is 10.0. The van der Waals surface area contributed by atoms with Crippen molar-refractivity contribution in [3.63, 3.8) is 0 Å². The Kier molecular flexibility index (Phi) is 6.21. The Labute approximate surface area is 135 Å². The summed E-state index contributed by atoms with van der Waals surface area (Å²) in [6, 6.07) is 6.37. The van der Waals surface area contributed by atoms with Crippen LogP contribution in [0, 0.1) is 6.92 Å². The van der Waals surface area contributed by atoms with Crippen LogP contribution in [-0.4, -0.2) is 43.5 Å². The Morgan fingerprint density at radius 1 is 1.48 bits per heavy atom. The molecule has 4 nitrogen and oxygen atoms in total. The smallest absolute Gasteiger partial charge is 0.238 e. The Hall–Kier alpha value is -0.910. The maximum Gasteiger partial charge on any atom is 0.238 e. The summed E-state index contributed by atoms with van der Waals surface area (Å²) in [4.78, 5) is 14.2. The largest absolute Gasteiger partial charge is 0.325 e. The molecule has 2 rings (SSSR count). The van der Waals surface area contributed by atoms with Crippen molar-refractivity contribution in [3.05, 3.63) is 28.2 Å². The first-order valence-electron chi connectivity index (χ1n) is 7.52. The van der Waals surface area contributed by atoms with Gasteiger partial charge in [0.2, 0.25) is 5.91 Å². The van der Waals surface area contributed by atoms with Gasteiger partial charge in [-0.15, -0.1) is 0 Å². The van der Waals surface area contributed by atoms with Crippen molar-refractivity contribution >= 4 is 27.5 Å². The molecule has 2 N–H and O–H groups in total. The number of carbonyl (C=O) groups excluding carboxylic acids is 1. The van der Waals surface area contributed by atoms with E-state index in [2.05, 4.69) is 31.5 Å². The quantitative estimate of drug-likeness (QED) is 0.855. The van der Waals surface area contributed by atoms with Crippen LogP contribution >= 0.6 is 15.9 Å². The van der Waals surface area contributed by atoms with Crippen LogP contribution in [0.4, 0.5) is 5.69 Å². The molecule has 1 unspecified atom stereocenters. The summed E-state index contributed by atoms with van der Waals surface area (Å²) in [6.45, 7) is 4.46. The van der Waals surface area contributed by atoms with Crippen LogP contribution in [-0.2, 0) is 4.79 Å². The molecule has 0 spiro atoms. The average molecular weight is 354 g/mol. The molecule has 0 radical (unpaired) electrons. The number of hydrogen-bond acceptors (Lipinski definition) is 3. The van der Waals surface area contributed by atoms with Crippen molar-refractivity contribution < 1.29 is 4.79 Å². The van der Waals surface area contributed by atoms with Gasteiger partial charge in [-0.1, -0.05) is 22.4 Å². The SMILES string of the molecule is Cc1cc(NC(=O)CN(C)CC2CCCCN2)ccc1Br. The lowest BCUT2D eigenvalue weighted by molar-refractivity contribution is -0.117. The van der Waals surface area contributed by atoms with E-state index in [9.17, 15) is 4.79 Å². The topological polar surface area (TPSA) is 44.4 Å². The molecule has 1 fully saturated rings. The fraction of sp³-hybridized carbons (Fsp3) is 0.562. The highest BCUT2D eigenvalue weighted by molar-refractivity contribution is 9.10. The van der Waals surface area contributed by atoms with Crippen molar-refractivity contribution in [1.82, 2.24) is 10.2 Å². The standard InChI is InChI=1S/C16H24BrN3O/c1-12-9-13(6-7-15(12)17)19-16(21)11-20(2)10-14-5-3-4-8-18-14/h6-7,9,14,18H,3-5,8,10-11H2,1-2H3,(H,19,21). The molecule has 21 heavy (non-hydrogen) atoms. The zero-order chi connectivity index (χ0) is 15.2. The number of anilines is 1. The number of halogens is 1. The molecule has 0 aromatic heterocycles. The molecule has 0 bridgehead atoms. The van der Waals surface area contributed by atoms with Gasteiger partial charge < -0.3 is 10.6 Å². The summed E-state index contributed by atoms with van der Waals surface area (Å²) >= 11 is 3.46. The van der Waals surface area contributed by atoms with Crippen molar-refractivity contribution in [2.24, 2.45) is 0 Å². The van der Waals surface area contributed by atoms with Crippen molar-refractivity contribution in [2.45, 2.75) is 32.2 Å². The van der Waals surface area contributed by atoms with Crippen LogP contribution < -0.4 is 10.6 Å². The molecule has 1 saturated heterocycles. The third-order valence-electron chi connectivity index (χ3n) is 3.80. The normalized spacial score (nSPS) is 18.8. The zero-order valence-electron chi connectivity index (χ0n) is 12.8. The van der Waals surface area contributed by atoms with Crippen LogP contribution in [0.15, 0.2) is 22.7 Å². The van der Waals surface area contributed by atoms with Crippen molar-refractivity contribution in [1.29, 1.82) is 0 Å². The van der Waals surface area contributed by atoms with Crippen LogP contribution in [0.5, 0.6) is 0 Å². The first kappa shape index (κ1) is 16.5. The van der Waals surface area contributed by atoms with E-state index < -0.39 is 0 Å². The number of amides is 1. The van der Waals surface area contributed by atoms with Crippen LogP contribution in [0.2, 0.25) is 0 Å². The molecule has 116 valence electrons. The number of likely N-dealkylation sites (N-methyl/N-ethyl adjacent to an activating group) is 1. The van der Waals surface area contributed by atoms with E-state index in [4.69, 9.17) is 0 Å². The van der Waals surface area contributed by atoms with E-state index in [0.717, 1.165) is 28.8 Å². The maximum atomic E-state index is 12.1. The van der Waals surface area contributed by atoms with Crippen molar-refractivity contribution in [2.75, 3.05) is 32.0 Å². The molecule has 1 atom stereocenters. The number of hydrogen-bond donors (Lipinski definition) is 2. The lowest BCUT2D eigenvalue weighted by Gasteiger charge is -2.27. The highest BCUT2D eigenvalue weighted by Crippen LogP contribution is 2.19. The molecule has 1 amide bonds. The van der Waals surface area contributed by atoms with E-state index in [0.29, 0.717) is 12.6 Å². The second-order valence-corrected chi connectivity index (χ2v) is 6.71. The summed E-state index contributed by atoms with van der Waals surface area (Å²) in [7, 11) is 2.00. The molecule has 1 aliphatic rings. The fourth-order valence-corrected chi connectivity index (χ4v) is 2.94. The summed E-state index contributed by atoms with van der Waals surface area (Å²) in [5, 5.41) is 6.46. The molecule has 1 heterocycles. The van der Waals surface area contributed by atoms with Gasteiger partial charge in [-0.3, -0.25) is 9.69 Å². The minimum atomic E-state index is 0.0371. The summed E-state index contributed by atoms with van der Waals surface area (Å²) in [6.07, 6.45) is 3.76. The molecule has 1 aliphatic heterocycles. The van der Waals surface area contributed by atoms with E-state index in [1.54, 1.807) is 0 Å². The predicted molar refractivity (Wildman–Crippen MR) is 90.6 cm³/mol. The summed E-state index contributed by atoms with van der Waals surface area (Å²) in [5.41, 5.74) is 1.97. The summed E-state index contributed by atoms with van der Waals surface area (Å²) in [5.74, 6) is 0.0371. The first-order valence-corrected chi connectivity index (χ1v) is 8.32. The number of aryl methyl sites for hydroxylation is 1. The van der Waals surface area contributed by atoms with Gasteiger partial charge in [0.25, 0.3) is 0 Å². The number of nitrogens with one attached hydrogen (secondary N) is 2. The van der Waals surface area contributed by atoms with E-state index in [1.165, 1.54) is 19.3 Å². The van der Waals surface area contributed by atoms with E-state index in [1.807, 2.05) is 32.2 Å². The molecular weight excluding hydrogens is 330 g/mol. The van der Waals surface area contributed by atoms with Crippen LogP contribution in [0.1, 0.15) is 24.8 Å². The average Bonchev–Trinajstić information content (AvgIpc) is 2.43. The zero-order valence-corrected chi connectivity index (χ0v) is 14.4. The molecule has 5 heteroatoms. The van der Waals surface area contributed by atoms with Gasteiger partial charge in [0.1, 0.15) is 0 Å². The maximum absolute atomic E-state index is 12.1. The molecule has 0 saturated carbocycles. The fourth-order valence-electron chi connectivity index (χ4n) is 2.69. The van der Waals surface area contributed by atoms with Gasteiger partial charge in [0, 0.05) is 22.7 Å². The number of carbonyl (C=O) groups is 1. The van der Waals surface area contributed by atoms with E-state index >= 15 is 0 Å². The second kappa shape index (κ2) is 7.92. The summed E-state index contributed by atoms with van der Waals surface area (Å²) < 4.78 is 1.06. The van der Waals surface area contributed by atoms with Gasteiger partial charge in [-0.25, -0.2) is 0 Å². The van der Waals surface area contributed by atoms with Crippen LogP contribution in [0.3, 0.4) is 0 Å². The van der Waals surface area contributed by atoms with Gasteiger partial charge >= 0.3 is 0 Å². The lowest BCUT2D eigenvalue weighted by Crippen LogP contribution is -2.44. The number of piperidine rings is 1. The highest BCUT2D eigenvalue weighted by atomic mass is 79.9. The van der Waals surface area contributed by atoms with Gasteiger partial charge in [-0.2, -0.15) is 0 Å². The monoisotopic (exact) mass is 353 g/mol. The van der Waals surface area contributed by atoms with Crippen LogP contribution in [0.25, 0.3) is 0 Å². The van der Waals surface area contributed by atoms with Gasteiger partial charge in [0.05, 0.1) is 6.54 Å². The molecule has 1 aromatic rings. The lowest BCUT2D eigenvalue weighted by atomic mass is 10.0. The molecule has 1 aromatic carbocycles. The Bertz CT molecular complexity index is 486. The van der Waals surface area contributed by atoms with Gasteiger partial charge in [0.15, 0.2) is 0 Å². The Morgan fingerprint density at radius 2 is 2.29 bits per heavy atom. The number of benzene rings is 1. The van der Waals surface area contributed by atoms with E-state index in [-0.39, 0.29) is 5.91 Å². The minimum Gasteiger partial charge on any atom is -0.325 e. The molecular formula is C16H24BrN3O. The Balaban J connectivity index is 1.78. The van der Waals surface area contributed by atoms with Crippen molar-refractivity contribution in [3.8, 4) is 0 Å². The Morgan fingerprint density at radius 3 is 2.95 bits per heavy atom. The highest BCUT2D eigenvalue weighted by Gasteiger charge is 2.16. The van der Waals surface area contributed by atoms with Gasteiger partial charge in [-0.05, 0) is 57.1 Å².